The molecule has 2 heterocycles. The number of fused-ring (bicyclic) bond motifs is 1. The van der Waals surface area contributed by atoms with E-state index < -0.39 is 5.97 Å². The van der Waals surface area contributed by atoms with Crippen molar-refractivity contribution in [3.05, 3.63) is 48.2 Å². The Morgan fingerprint density at radius 2 is 1.93 bits per heavy atom. The SMILES string of the molecule is CCOC(=O)c1cnn(-c2ccc3ccccc3n2)c1NC(=O)C1CCCCC1. The molecule has 1 fully saturated rings. The second kappa shape index (κ2) is 8.43. The van der Waals surface area contributed by atoms with Gasteiger partial charge in [-0.25, -0.2) is 9.78 Å². The number of aromatic nitrogens is 3. The third-order valence-corrected chi connectivity index (χ3v) is 5.28. The Bertz CT molecular complexity index is 1040. The number of para-hydroxylation sites is 1. The Balaban J connectivity index is 1.72. The van der Waals surface area contributed by atoms with E-state index in [0.717, 1.165) is 43.0 Å². The largest absolute Gasteiger partial charge is 0.462 e. The zero-order valence-corrected chi connectivity index (χ0v) is 16.4. The zero-order valence-electron chi connectivity index (χ0n) is 16.4. The third kappa shape index (κ3) is 3.99. The van der Waals surface area contributed by atoms with Crippen LogP contribution in [0.5, 0.6) is 0 Å². The van der Waals surface area contributed by atoms with Crippen molar-refractivity contribution >= 4 is 28.6 Å². The summed E-state index contributed by atoms with van der Waals surface area (Å²) >= 11 is 0. The molecule has 0 bridgehead atoms. The first kappa shape index (κ1) is 19.1. The molecule has 7 heteroatoms. The van der Waals surface area contributed by atoms with Crippen molar-refractivity contribution in [3.63, 3.8) is 0 Å². The van der Waals surface area contributed by atoms with E-state index in [1.165, 1.54) is 10.9 Å². The number of nitrogens with zero attached hydrogens (tertiary/aromatic N) is 3. The lowest BCUT2D eigenvalue weighted by Crippen LogP contribution is -2.27. The summed E-state index contributed by atoms with van der Waals surface area (Å²) in [7, 11) is 0. The van der Waals surface area contributed by atoms with Crippen LogP contribution in [0.2, 0.25) is 0 Å². The van der Waals surface area contributed by atoms with Gasteiger partial charge in [0.15, 0.2) is 11.6 Å². The summed E-state index contributed by atoms with van der Waals surface area (Å²) in [5.41, 5.74) is 1.04. The van der Waals surface area contributed by atoms with Gasteiger partial charge in [0, 0.05) is 11.3 Å². The van der Waals surface area contributed by atoms with Gasteiger partial charge in [0.2, 0.25) is 5.91 Å². The number of esters is 1. The molecule has 0 aliphatic heterocycles. The second-order valence-corrected chi connectivity index (χ2v) is 7.23. The molecule has 1 aliphatic rings. The van der Waals surface area contributed by atoms with E-state index in [2.05, 4.69) is 15.4 Å². The van der Waals surface area contributed by atoms with Crippen LogP contribution in [0.15, 0.2) is 42.6 Å². The fourth-order valence-corrected chi connectivity index (χ4v) is 3.76. The molecule has 0 saturated heterocycles. The maximum absolute atomic E-state index is 12.9. The van der Waals surface area contributed by atoms with Crippen molar-refractivity contribution in [2.75, 3.05) is 11.9 Å². The van der Waals surface area contributed by atoms with Crippen molar-refractivity contribution in [1.29, 1.82) is 0 Å². The highest BCUT2D eigenvalue weighted by atomic mass is 16.5. The molecule has 29 heavy (non-hydrogen) atoms. The molecule has 4 rings (SSSR count). The van der Waals surface area contributed by atoms with Crippen LogP contribution in [0, 0.1) is 5.92 Å². The van der Waals surface area contributed by atoms with Gasteiger partial charge < -0.3 is 10.1 Å². The predicted molar refractivity (Wildman–Crippen MR) is 110 cm³/mol. The second-order valence-electron chi connectivity index (χ2n) is 7.23. The number of pyridine rings is 1. The summed E-state index contributed by atoms with van der Waals surface area (Å²) in [6.45, 7) is 1.99. The van der Waals surface area contributed by atoms with Gasteiger partial charge in [0.1, 0.15) is 5.56 Å². The number of rotatable bonds is 5. The number of anilines is 1. The standard InChI is InChI=1S/C22H24N4O3/c1-2-29-22(28)17-14-23-26(19-13-12-15-8-6-7-11-18(15)24-19)20(17)25-21(27)16-9-4-3-5-10-16/h6-8,11-14,16H,2-5,9-10H2,1H3,(H,25,27). The fraction of sp³-hybridized carbons (Fsp3) is 0.364. The number of nitrogens with one attached hydrogen (secondary N) is 1. The molecule has 1 saturated carbocycles. The van der Waals surface area contributed by atoms with E-state index in [4.69, 9.17) is 4.74 Å². The van der Waals surface area contributed by atoms with Crippen LogP contribution < -0.4 is 5.32 Å². The van der Waals surface area contributed by atoms with Crippen molar-refractivity contribution in [2.24, 2.45) is 5.92 Å². The molecular formula is C22H24N4O3. The van der Waals surface area contributed by atoms with E-state index in [9.17, 15) is 9.59 Å². The van der Waals surface area contributed by atoms with Crippen molar-refractivity contribution in [3.8, 4) is 5.82 Å². The Kier molecular flexibility index (Phi) is 5.55. The Hall–Kier alpha value is -3.22. The van der Waals surface area contributed by atoms with Crippen molar-refractivity contribution in [2.45, 2.75) is 39.0 Å². The van der Waals surface area contributed by atoms with Gasteiger partial charge in [0.05, 0.1) is 18.3 Å². The molecule has 2 aromatic heterocycles. The fourth-order valence-electron chi connectivity index (χ4n) is 3.76. The highest BCUT2D eigenvalue weighted by molar-refractivity contribution is 6.01. The highest BCUT2D eigenvalue weighted by Crippen LogP contribution is 2.27. The van der Waals surface area contributed by atoms with Gasteiger partial charge in [-0.15, -0.1) is 0 Å². The Morgan fingerprint density at radius 1 is 1.14 bits per heavy atom. The molecule has 1 aliphatic carbocycles. The number of amides is 1. The lowest BCUT2D eigenvalue weighted by Gasteiger charge is -2.21. The highest BCUT2D eigenvalue weighted by Gasteiger charge is 2.26. The van der Waals surface area contributed by atoms with Gasteiger partial charge in [-0.3, -0.25) is 4.79 Å². The number of ether oxygens (including phenoxy) is 1. The lowest BCUT2D eigenvalue weighted by atomic mass is 9.88. The summed E-state index contributed by atoms with van der Waals surface area (Å²) in [4.78, 5) is 29.9. The van der Waals surface area contributed by atoms with Crippen molar-refractivity contribution in [1.82, 2.24) is 14.8 Å². The molecule has 0 spiro atoms. The number of hydrogen-bond donors (Lipinski definition) is 1. The van der Waals surface area contributed by atoms with Crippen LogP contribution in [0.4, 0.5) is 5.82 Å². The van der Waals surface area contributed by atoms with Crippen LogP contribution in [-0.4, -0.2) is 33.2 Å². The first-order valence-corrected chi connectivity index (χ1v) is 10.1. The quantitative estimate of drug-likeness (QED) is 0.660. The minimum atomic E-state index is -0.515. The van der Waals surface area contributed by atoms with Gasteiger partial charge in [0.25, 0.3) is 0 Å². The molecule has 150 valence electrons. The average Bonchev–Trinajstić information content (AvgIpc) is 3.17. The zero-order chi connectivity index (χ0) is 20.2. The Labute approximate surface area is 169 Å². The summed E-state index contributed by atoms with van der Waals surface area (Å²) in [5.74, 6) is 0.183. The maximum Gasteiger partial charge on any atom is 0.343 e. The first-order valence-electron chi connectivity index (χ1n) is 10.1. The molecule has 3 aromatic rings. The molecular weight excluding hydrogens is 368 g/mol. The van der Waals surface area contributed by atoms with Crippen LogP contribution in [0.1, 0.15) is 49.4 Å². The summed E-state index contributed by atoms with van der Waals surface area (Å²) in [5, 5.41) is 8.27. The van der Waals surface area contributed by atoms with Gasteiger partial charge in [-0.2, -0.15) is 9.78 Å². The molecule has 1 N–H and O–H groups in total. The predicted octanol–water partition coefficient (Wildman–Crippen LogP) is 4.12. The van der Waals surface area contributed by atoms with Crippen LogP contribution in [0.25, 0.3) is 16.7 Å². The van der Waals surface area contributed by atoms with Crippen LogP contribution >= 0.6 is 0 Å². The molecule has 1 aromatic carbocycles. The van der Waals surface area contributed by atoms with E-state index in [0.29, 0.717) is 11.6 Å². The van der Waals surface area contributed by atoms with E-state index in [1.807, 2.05) is 36.4 Å². The molecule has 1 amide bonds. The third-order valence-electron chi connectivity index (χ3n) is 5.28. The normalized spacial score (nSPS) is 14.7. The van der Waals surface area contributed by atoms with Crippen molar-refractivity contribution < 1.29 is 14.3 Å². The first-order chi connectivity index (χ1) is 14.2. The minimum absolute atomic E-state index is 0.0493. The molecule has 7 nitrogen and oxygen atoms in total. The van der Waals surface area contributed by atoms with E-state index >= 15 is 0 Å². The average molecular weight is 392 g/mol. The van der Waals surface area contributed by atoms with Crippen LogP contribution in [0.3, 0.4) is 0 Å². The minimum Gasteiger partial charge on any atom is -0.462 e. The lowest BCUT2D eigenvalue weighted by molar-refractivity contribution is -0.120. The molecule has 0 radical (unpaired) electrons. The van der Waals surface area contributed by atoms with Gasteiger partial charge in [-0.05, 0) is 38.0 Å². The summed E-state index contributed by atoms with van der Waals surface area (Å²) < 4.78 is 6.65. The number of carbonyl (C=O) groups is 2. The summed E-state index contributed by atoms with van der Waals surface area (Å²) in [6, 6.07) is 11.5. The topological polar surface area (TPSA) is 86.1 Å². The van der Waals surface area contributed by atoms with Gasteiger partial charge >= 0.3 is 5.97 Å². The molecule has 0 atom stereocenters. The maximum atomic E-state index is 12.9. The smallest absolute Gasteiger partial charge is 0.343 e. The van der Waals surface area contributed by atoms with E-state index in [1.54, 1.807) is 6.92 Å². The Morgan fingerprint density at radius 3 is 2.72 bits per heavy atom. The number of carbonyl (C=O) groups excluding carboxylic acids is 2. The van der Waals surface area contributed by atoms with Crippen LogP contribution in [-0.2, 0) is 9.53 Å². The summed E-state index contributed by atoms with van der Waals surface area (Å²) in [6.07, 6.45) is 6.41. The monoisotopic (exact) mass is 392 g/mol. The number of hydrogen-bond acceptors (Lipinski definition) is 5. The van der Waals surface area contributed by atoms with Gasteiger partial charge in [-0.1, -0.05) is 37.5 Å². The molecule has 0 unspecified atom stereocenters. The number of benzene rings is 1. The van der Waals surface area contributed by atoms with E-state index in [-0.39, 0.29) is 24.0 Å².